The van der Waals surface area contributed by atoms with Gasteiger partial charge in [-0.15, -0.1) is 11.3 Å². The Hall–Kier alpha value is -3.07. The molecule has 0 saturated heterocycles. The van der Waals surface area contributed by atoms with Crippen molar-refractivity contribution in [1.29, 1.82) is 0 Å². The zero-order chi connectivity index (χ0) is 26.2. The Morgan fingerprint density at radius 1 is 1.14 bits per heavy atom. The van der Waals surface area contributed by atoms with Crippen molar-refractivity contribution in [3.8, 4) is 0 Å². The van der Waals surface area contributed by atoms with Crippen LogP contribution in [-0.4, -0.2) is 47.6 Å². The van der Waals surface area contributed by atoms with Gasteiger partial charge in [-0.25, -0.2) is 8.42 Å². The Morgan fingerprint density at radius 2 is 1.89 bits per heavy atom. The second-order valence-corrected chi connectivity index (χ2v) is 12.4. The predicted molar refractivity (Wildman–Crippen MR) is 148 cm³/mol. The first-order chi connectivity index (χ1) is 17.8. The van der Waals surface area contributed by atoms with E-state index in [4.69, 9.17) is 0 Å². The standard InChI is InChI=1S/C29H31N3O3S2/c1-4-21(3)32(37(34,35)26-9-5-7-22-8-6-16-30-28(22)26)19-27(33)31-17-14-25-24(15-18-36-25)29(31)23-12-10-20(2)11-13-23/h5-13,15-16,18,21,29H,4,14,17,19H2,1-3H3. The maximum Gasteiger partial charge on any atom is 0.245 e. The SMILES string of the molecule is CCC(C)N(CC(=O)N1CCc2sccc2C1c1ccc(C)cc1)S(=O)(=O)c1cccc2cccnc12. The fourth-order valence-corrected chi connectivity index (χ4v) is 7.73. The summed E-state index contributed by atoms with van der Waals surface area (Å²) in [7, 11) is -3.98. The number of aromatic nitrogens is 1. The van der Waals surface area contributed by atoms with Crippen LogP contribution in [0, 0.1) is 6.92 Å². The molecule has 0 spiro atoms. The summed E-state index contributed by atoms with van der Waals surface area (Å²) in [6.07, 6.45) is 2.95. The number of amides is 1. The van der Waals surface area contributed by atoms with Gasteiger partial charge in [-0.1, -0.05) is 55.0 Å². The maximum absolute atomic E-state index is 14.0. The van der Waals surface area contributed by atoms with E-state index in [9.17, 15) is 13.2 Å². The van der Waals surface area contributed by atoms with Gasteiger partial charge in [0.1, 0.15) is 4.90 Å². The summed E-state index contributed by atoms with van der Waals surface area (Å²) < 4.78 is 29.4. The molecule has 0 radical (unpaired) electrons. The van der Waals surface area contributed by atoms with E-state index in [0.29, 0.717) is 18.5 Å². The quantitative estimate of drug-likeness (QED) is 0.312. The van der Waals surface area contributed by atoms with Crippen molar-refractivity contribution in [1.82, 2.24) is 14.2 Å². The van der Waals surface area contributed by atoms with Crippen LogP contribution in [0.5, 0.6) is 0 Å². The highest BCUT2D eigenvalue weighted by molar-refractivity contribution is 7.89. The van der Waals surface area contributed by atoms with Gasteiger partial charge in [0, 0.05) is 29.0 Å². The van der Waals surface area contributed by atoms with Crippen molar-refractivity contribution in [3.63, 3.8) is 0 Å². The Balaban J connectivity index is 1.52. The third-order valence-electron chi connectivity index (χ3n) is 7.24. The molecule has 5 rings (SSSR count). The smallest absolute Gasteiger partial charge is 0.245 e. The lowest BCUT2D eigenvalue weighted by Crippen LogP contribution is -2.49. The van der Waals surface area contributed by atoms with Crippen molar-refractivity contribution >= 4 is 38.2 Å². The number of rotatable bonds is 7. The van der Waals surface area contributed by atoms with Crippen LogP contribution in [0.1, 0.15) is 47.9 Å². The number of sulfonamides is 1. The number of carbonyl (C=O) groups excluding carboxylic acids is 1. The van der Waals surface area contributed by atoms with E-state index in [-0.39, 0.29) is 29.4 Å². The number of hydrogen-bond donors (Lipinski definition) is 0. The number of benzene rings is 2. The molecule has 3 heterocycles. The predicted octanol–water partition coefficient (Wildman–Crippen LogP) is 5.57. The van der Waals surface area contributed by atoms with E-state index in [1.54, 1.807) is 35.7 Å². The highest BCUT2D eigenvalue weighted by atomic mass is 32.2. The number of pyridine rings is 1. The summed E-state index contributed by atoms with van der Waals surface area (Å²) in [5.74, 6) is -0.195. The first-order valence-electron chi connectivity index (χ1n) is 12.6. The molecule has 0 fully saturated rings. The van der Waals surface area contributed by atoms with Crippen LogP contribution >= 0.6 is 11.3 Å². The molecule has 192 valence electrons. The van der Waals surface area contributed by atoms with E-state index in [1.165, 1.54) is 9.18 Å². The number of thiophene rings is 1. The second kappa shape index (κ2) is 10.4. The lowest BCUT2D eigenvalue weighted by atomic mass is 9.92. The van der Waals surface area contributed by atoms with E-state index in [0.717, 1.165) is 28.5 Å². The molecule has 2 aromatic carbocycles. The van der Waals surface area contributed by atoms with Gasteiger partial charge in [0.25, 0.3) is 0 Å². The monoisotopic (exact) mass is 533 g/mol. The molecule has 1 aliphatic rings. The molecule has 2 aromatic heterocycles. The van der Waals surface area contributed by atoms with Crippen LogP contribution in [0.3, 0.4) is 0 Å². The molecule has 6 nitrogen and oxygen atoms in total. The first-order valence-corrected chi connectivity index (χ1v) is 14.9. The van der Waals surface area contributed by atoms with Crippen LogP contribution in [0.4, 0.5) is 0 Å². The lowest BCUT2D eigenvalue weighted by molar-refractivity contribution is -0.133. The van der Waals surface area contributed by atoms with Gasteiger partial charge in [-0.05, 0) is 61.4 Å². The molecule has 0 saturated carbocycles. The molecule has 0 N–H and O–H groups in total. The van der Waals surface area contributed by atoms with Gasteiger partial charge in [0.2, 0.25) is 15.9 Å². The zero-order valence-electron chi connectivity index (χ0n) is 21.3. The minimum atomic E-state index is -3.98. The molecule has 37 heavy (non-hydrogen) atoms. The number of nitrogens with zero attached hydrogens (tertiary/aromatic N) is 3. The Morgan fingerprint density at radius 3 is 2.65 bits per heavy atom. The minimum Gasteiger partial charge on any atom is -0.330 e. The number of para-hydroxylation sites is 1. The van der Waals surface area contributed by atoms with Crippen molar-refractivity contribution in [2.45, 2.75) is 50.6 Å². The van der Waals surface area contributed by atoms with Crippen LogP contribution in [0.15, 0.2) is 77.1 Å². The normalized spacial score (nSPS) is 16.6. The molecule has 4 aromatic rings. The number of fused-ring (bicyclic) bond motifs is 2. The van der Waals surface area contributed by atoms with Gasteiger partial charge in [-0.3, -0.25) is 9.78 Å². The van der Waals surface area contributed by atoms with E-state index in [1.807, 2.05) is 37.8 Å². The van der Waals surface area contributed by atoms with Gasteiger partial charge >= 0.3 is 0 Å². The molecule has 8 heteroatoms. The molecule has 1 amide bonds. The largest absolute Gasteiger partial charge is 0.330 e. The van der Waals surface area contributed by atoms with Gasteiger partial charge in [0.15, 0.2) is 0 Å². The van der Waals surface area contributed by atoms with Gasteiger partial charge in [0.05, 0.1) is 18.1 Å². The Bertz CT molecular complexity index is 1520. The Kier molecular flexibility index (Phi) is 7.16. The van der Waals surface area contributed by atoms with E-state index in [2.05, 4.69) is 40.7 Å². The molecular weight excluding hydrogens is 502 g/mol. The molecule has 1 aliphatic heterocycles. The van der Waals surface area contributed by atoms with Crippen molar-refractivity contribution in [2.24, 2.45) is 0 Å². The summed E-state index contributed by atoms with van der Waals surface area (Å²) in [4.78, 5) is 21.6. The van der Waals surface area contributed by atoms with Crippen molar-refractivity contribution < 1.29 is 13.2 Å². The number of carbonyl (C=O) groups is 1. The average molecular weight is 534 g/mol. The number of aryl methyl sites for hydroxylation is 1. The molecule has 2 unspecified atom stereocenters. The molecule has 0 bridgehead atoms. The van der Waals surface area contributed by atoms with E-state index < -0.39 is 10.0 Å². The van der Waals surface area contributed by atoms with Gasteiger partial charge < -0.3 is 4.90 Å². The lowest BCUT2D eigenvalue weighted by Gasteiger charge is -2.38. The fourth-order valence-electron chi connectivity index (χ4n) is 5.01. The van der Waals surface area contributed by atoms with Crippen LogP contribution in [-0.2, 0) is 21.2 Å². The number of hydrogen-bond acceptors (Lipinski definition) is 5. The summed E-state index contributed by atoms with van der Waals surface area (Å²) in [6, 6.07) is 18.5. The fraction of sp³-hybridized carbons (Fsp3) is 0.310. The zero-order valence-corrected chi connectivity index (χ0v) is 22.9. The highest BCUT2D eigenvalue weighted by Gasteiger charge is 2.37. The summed E-state index contributed by atoms with van der Waals surface area (Å²) >= 11 is 1.71. The second-order valence-electron chi connectivity index (χ2n) is 9.59. The first kappa shape index (κ1) is 25.6. The Labute approximate surface area is 222 Å². The third-order valence-corrected chi connectivity index (χ3v) is 10.2. The van der Waals surface area contributed by atoms with Crippen LogP contribution in [0.25, 0.3) is 10.9 Å². The summed E-state index contributed by atoms with van der Waals surface area (Å²) in [6.45, 7) is 6.17. The van der Waals surface area contributed by atoms with Crippen molar-refractivity contribution in [3.05, 3.63) is 93.8 Å². The van der Waals surface area contributed by atoms with Gasteiger partial charge in [-0.2, -0.15) is 4.31 Å². The molecule has 2 atom stereocenters. The highest BCUT2D eigenvalue weighted by Crippen LogP contribution is 2.38. The summed E-state index contributed by atoms with van der Waals surface area (Å²) in [5, 5.41) is 2.82. The maximum atomic E-state index is 14.0. The van der Waals surface area contributed by atoms with Crippen LogP contribution < -0.4 is 0 Å². The van der Waals surface area contributed by atoms with E-state index >= 15 is 0 Å². The topological polar surface area (TPSA) is 70.6 Å². The average Bonchev–Trinajstić information content (AvgIpc) is 3.40. The third kappa shape index (κ3) is 4.81. The minimum absolute atomic E-state index is 0.132. The summed E-state index contributed by atoms with van der Waals surface area (Å²) in [5.41, 5.74) is 3.74. The molecular formula is C29H31N3O3S2. The van der Waals surface area contributed by atoms with Crippen molar-refractivity contribution in [2.75, 3.05) is 13.1 Å². The molecule has 0 aliphatic carbocycles. The van der Waals surface area contributed by atoms with Crippen LogP contribution in [0.2, 0.25) is 0 Å².